The summed E-state index contributed by atoms with van der Waals surface area (Å²) in [4.78, 5) is 17.2. The van der Waals surface area contributed by atoms with E-state index in [1.54, 1.807) is 18.2 Å². The van der Waals surface area contributed by atoms with E-state index < -0.39 is 6.04 Å². The number of hydrogen-bond acceptors (Lipinski definition) is 4. The molecule has 0 aromatic heterocycles. The molecule has 0 saturated carbocycles. The van der Waals surface area contributed by atoms with E-state index >= 15 is 0 Å². The molecule has 1 N–H and O–H groups in total. The first kappa shape index (κ1) is 17.3. The molecular formula is C18H26FN3O2. The lowest BCUT2D eigenvalue weighted by Gasteiger charge is -2.41. The van der Waals surface area contributed by atoms with E-state index in [2.05, 4.69) is 19.2 Å². The Hall–Kier alpha value is -1.50. The second kappa shape index (κ2) is 7.59. The predicted molar refractivity (Wildman–Crippen MR) is 90.2 cm³/mol. The quantitative estimate of drug-likeness (QED) is 0.907. The number of benzene rings is 1. The first-order chi connectivity index (χ1) is 11.6. The third-order valence-corrected chi connectivity index (χ3v) is 4.71. The third kappa shape index (κ3) is 3.77. The van der Waals surface area contributed by atoms with Crippen molar-refractivity contribution >= 4 is 5.91 Å². The zero-order chi connectivity index (χ0) is 17.1. The summed E-state index contributed by atoms with van der Waals surface area (Å²) < 4.78 is 19.8. The van der Waals surface area contributed by atoms with Crippen molar-refractivity contribution < 1.29 is 13.9 Å². The summed E-state index contributed by atoms with van der Waals surface area (Å²) >= 11 is 0. The van der Waals surface area contributed by atoms with Gasteiger partial charge in [-0.15, -0.1) is 0 Å². The van der Waals surface area contributed by atoms with Crippen LogP contribution in [0.1, 0.15) is 25.5 Å². The van der Waals surface area contributed by atoms with Gasteiger partial charge in [-0.3, -0.25) is 9.69 Å². The summed E-state index contributed by atoms with van der Waals surface area (Å²) in [5.74, 6) is -0.333. The van der Waals surface area contributed by atoms with Crippen LogP contribution in [0.25, 0.3) is 0 Å². The average Bonchev–Trinajstić information content (AvgIpc) is 2.57. The normalized spacial score (nSPS) is 27.0. The van der Waals surface area contributed by atoms with Crippen molar-refractivity contribution in [1.82, 2.24) is 15.1 Å². The lowest BCUT2D eigenvalue weighted by atomic mass is 10.0. The summed E-state index contributed by atoms with van der Waals surface area (Å²) in [6.07, 6.45) is 0. The minimum absolute atomic E-state index is 0.0119. The largest absolute Gasteiger partial charge is 0.379 e. The fourth-order valence-corrected chi connectivity index (χ4v) is 3.70. The molecule has 0 unspecified atom stereocenters. The minimum Gasteiger partial charge on any atom is -0.379 e. The Morgan fingerprint density at radius 3 is 2.46 bits per heavy atom. The smallest absolute Gasteiger partial charge is 0.244 e. The van der Waals surface area contributed by atoms with Gasteiger partial charge in [0.15, 0.2) is 0 Å². The fraction of sp³-hybridized carbons (Fsp3) is 0.611. The van der Waals surface area contributed by atoms with Crippen LogP contribution in [0.4, 0.5) is 4.39 Å². The van der Waals surface area contributed by atoms with Gasteiger partial charge in [-0.25, -0.2) is 4.39 Å². The SMILES string of the molecule is C[C@@H]1CN(C(=O)[C@H](c2ccccc2F)N2CCOCC2)C[C@@H](C)N1. The number of hydrogen-bond donors (Lipinski definition) is 1. The highest BCUT2D eigenvalue weighted by molar-refractivity contribution is 5.83. The van der Waals surface area contributed by atoms with Crippen LogP contribution >= 0.6 is 0 Å². The topological polar surface area (TPSA) is 44.8 Å². The Kier molecular flexibility index (Phi) is 5.48. The highest BCUT2D eigenvalue weighted by Crippen LogP contribution is 2.27. The first-order valence-electron chi connectivity index (χ1n) is 8.67. The monoisotopic (exact) mass is 335 g/mol. The second-order valence-electron chi connectivity index (χ2n) is 6.78. The number of piperazine rings is 1. The van der Waals surface area contributed by atoms with Gasteiger partial charge in [0.25, 0.3) is 0 Å². The Morgan fingerprint density at radius 2 is 1.83 bits per heavy atom. The number of morpholine rings is 1. The lowest BCUT2D eigenvalue weighted by molar-refractivity contribution is -0.141. The number of nitrogens with one attached hydrogen (secondary N) is 1. The number of carbonyl (C=O) groups is 1. The zero-order valence-electron chi connectivity index (χ0n) is 14.4. The van der Waals surface area contributed by atoms with Crippen molar-refractivity contribution in [3.8, 4) is 0 Å². The van der Waals surface area contributed by atoms with Crippen molar-refractivity contribution in [2.75, 3.05) is 39.4 Å². The van der Waals surface area contributed by atoms with Crippen molar-refractivity contribution in [1.29, 1.82) is 0 Å². The first-order valence-corrected chi connectivity index (χ1v) is 8.67. The summed E-state index contributed by atoms with van der Waals surface area (Å²) in [5.41, 5.74) is 0.461. The van der Waals surface area contributed by atoms with E-state index in [-0.39, 0.29) is 23.8 Å². The molecule has 0 radical (unpaired) electrons. The molecular weight excluding hydrogens is 309 g/mol. The molecule has 2 aliphatic heterocycles. The van der Waals surface area contributed by atoms with Crippen LogP contribution in [0.5, 0.6) is 0 Å². The molecule has 2 aliphatic rings. The maximum absolute atomic E-state index is 14.4. The van der Waals surface area contributed by atoms with Gasteiger partial charge in [0.1, 0.15) is 11.9 Å². The summed E-state index contributed by atoms with van der Waals surface area (Å²) in [7, 11) is 0. The van der Waals surface area contributed by atoms with Crippen LogP contribution in [0.15, 0.2) is 24.3 Å². The molecule has 0 spiro atoms. The van der Waals surface area contributed by atoms with E-state index in [0.717, 1.165) is 0 Å². The van der Waals surface area contributed by atoms with Gasteiger partial charge in [0, 0.05) is 43.8 Å². The van der Waals surface area contributed by atoms with Gasteiger partial charge in [0.05, 0.1) is 13.2 Å². The van der Waals surface area contributed by atoms with Gasteiger partial charge in [-0.05, 0) is 19.9 Å². The van der Waals surface area contributed by atoms with E-state index in [4.69, 9.17) is 4.74 Å². The molecule has 5 nitrogen and oxygen atoms in total. The highest BCUT2D eigenvalue weighted by Gasteiger charge is 2.36. The second-order valence-corrected chi connectivity index (χ2v) is 6.78. The molecule has 3 atom stereocenters. The molecule has 0 aliphatic carbocycles. The molecule has 2 fully saturated rings. The molecule has 3 rings (SSSR count). The minimum atomic E-state index is -0.576. The summed E-state index contributed by atoms with van der Waals surface area (Å²) in [6.45, 7) is 7.88. The number of halogens is 1. The van der Waals surface area contributed by atoms with Crippen LogP contribution in [0.2, 0.25) is 0 Å². The third-order valence-electron chi connectivity index (χ3n) is 4.71. The average molecular weight is 335 g/mol. The molecule has 132 valence electrons. The summed E-state index contributed by atoms with van der Waals surface area (Å²) in [5, 5.41) is 3.43. The number of nitrogens with zero attached hydrogens (tertiary/aromatic N) is 2. The Balaban J connectivity index is 1.89. The van der Waals surface area contributed by atoms with Crippen molar-refractivity contribution in [3.05, 3.63) is 35.6 Å². The molecule has 1 aromatic carbocycles. The molecule has 1 amide bonds. The van der Waals surface area contributed by atoms with Gasteiger partial charge in [-0.1, -0.05) is 18.2 Å². The van der Waals surface area contributed by atoms with Gasteiger partial charge in [0.2, 0.25) is 5.91 Å². The van der Waals surface area contributed by atoms with Crippen LogP contribution in [-0.4, -0.2) is 67.2 Å². The maximum Gasteiger partial charge on any atom is 0.244 e. The van der Waals surface area contributed by atoms with Gasteiger partial charge >= 0.3 is 0 Å². The number of amides is 1. The van der Waals surface area contributed by atoms with E-state index in [9.17, 15) is 9.18 Å². The number of carbonyl (C=O) groups excluding carboxylic acids is 1. The Labute approximate surface area is 142 Å². The van der Waals surface area contributed by atoms with Crippen molar-refractivity contribution in [3.63, 3.8) is 0 Å². The van der Waals surface area contributed by atoms with Crippen molar-refractivity contribution in [2.45, 2.75) is 32.0 Å². The Morgan fingerprint density at radius 1 is 1.21 bits per heavy atom. The molecule has 0 bridgehead atoms. The predicted octanol–water partition coefficient (Wildman–Crippen LogP) is 1.41. The lowest BCUT2D eigenvalue weighted by Crippen LogP contribution is -2.58. The van der Waals surface area contributed by atoms with Crippen LogP contribution < -0.4 is 5.32 Å². The van der Waals surface area contributed by atoms with Crippen molar-refractivity contribution in [2.24, 2.45) is 0 Å². The molecule has 24 heavy (non-hydrogen) atoms. The number of ether oxygens (including phenoxy) is 1. The Bertz CT molecular complexity index is 567. The summed E-state index contributed by atoms with van der Waals surface area (Å²) in [6, 6.07) is 6.51. The zero-order valence-corrected chi connectivity index (χ0v) is 14.4. The van der Waals surface area contributed by atoms with Gasteiger partial charge in [-0.2, -0.15) is 0 Å². The standard InChI is InChI=1S/C18H26FN3O2/c1-13-11-22(12-14(2)20-13)18(23)17(21-7-9-24-10-8-21)15-5-3-4-6-16(15)19/h3-6,13-14,17,20H,7-12H2,1-2H3/t13-,14-,17+/m1/s1. The van der Waals surface area contributed by atoms with E-state index in [1.165, 1.54) is 6.07 Å². The fourth-order valence-electron chi connectivity index (χ4n) is 3.70. The number of rotatable bonds is 3. The van der Waals surface area contributed by atoms with Crippen LogP contribution in [0.3, 0.4) is 0 Å². The van der Waals surface area contributed by atoms with Gasteiger partial charge < -0.3 is 15.0 Å². The van der Waals surface area contributed by atoms with E-state index in [0.29, 0.717) is 45.0 Å². The van der Waals surface area contributed by atoms with Crippen LogP contribution in [0, 0.1) is 5.82 Å². The van der Waals surface area contributed by atoms with Crippen LogP contribution in [-0.2, 0) is 9.53 Å². The molecule has 1 aromatic rings. The molecule has 2 heterocycles. The van der Waals surface area contributed by atoms with E-state index in [1.807, 2.05) is 9.80 Å². The highest BCUT2D eigenvalue weighted by atomic mass is 19.1. The maximum atomic E-state index is 14.4. The molecule has 6 heteroatoms. The molecule has 2 saturated heterocycles.